The maximum atomic E-state index is 14.6. The summed E-state index contributed by atoms with van der Waals surface area (Å²) in [5.74, 6) is -1.33. The Kier molecular flexibility index (Phi) is 10.1. The van der Waals surface area contributed by atoms with Crippen LogP contribution in [-0.2, 0) is 25.5 Å². The Labute approximate surface area is 276 Å². The van der Waals surface area contributed by atoms with Gasteiger partial charge >= 0.3 is 0 Å². The van der Waals surface area contributed by atoms with Crippen molar-refractivity contribution in [1.82, 2.24) is 15.1 Å². The van der Waals surface area contributed by atoms with Crippen LogP contribution in [0.2, 0.25) is 0 Å². The molecule has 4 aliphatic rings. The molecule has 1 spiro atoms. The SMILES string of the molecule is CCOc1ccc(NC(=O)[C@H]2[C@@H]3SC4(CC3Br)C(C(=O)NCCN3CCOCC3)N([C@@H](CO)Cc3ccccc3)C(=O)[C@H]24)cc1. The maximum absolute atomic E-state index is 14.6. The number of fused-ring (bicyclic) bond motifs is 1. The number of benzene rings is 2. The summed E-state index contributed by atoms with van der Waals surface area (Å²) in [5.41, 5.74) is 1.58. The van der Waals surface area contributed by atoms with Gasteiger partial charge in [0.1, 0.15) is 11.8 Å². The number of amides is 3. The fourth-order valence-corrected chi connectivity index (χ4v) is 11.1. The van der Waals surface area contributed by atoms with E-state index in [0.717, 1.165) is 18.7 Å². The number of hydrogen-bond donors (Lipinski definition) is 3. The van der Waals surface area contributed by atoms with Gasteiger partial charge < -0.3 is 30.1 Å². The normalized spacial score (nSPS) is 29.8. The molecule has 6 rings (SSSR count). The molecule has 0 radical (unpaired) electrons. The molecule has 2 aromatic carbocycles. The van der Waals surface area contributed by atoms with Crippen LogP contribution < -0.4 is 15.4 Å². The minimum atomic E-state index is -0.820. The third-order valence-corrected chi connectivity index (χ3v) is 12.7. The summed E-state index contributed by atoms with van der Waals surface area (Å²) in [6, 6.07) is 15.4. The smallest absolute Gasteiger partial charge is 0.244 e. The number of nitrogens with one attached hydrogen (secondary N) is 2. The number of carbonyl (C=O) groups is 3. The molecule has 0 saturated carbocycles. The van der Waals surface area contributed by atoms with Crippen molar-refractivity contribution in [2.45, 2.75) is 46.7 Å². The van der Waals surface area contributed by atoms with Gasteiger partial charge in [-0.15, -0.1) is 11.8 Å². The first-order valence-corrected chi connectivity index (χ1v) is 17.6. The highest BCUT2D eigenvalue weighted by Crippen LogP contribution is 2.68. The molecule has 4 heterocycles. The van der Waals surface area contributed by atoms with E-state index in [2.05, 4.69) is 31.5 Å². The number of ether oxygens (including phenoxy) is 2. The molecule has 242 valence electrons. The van der Waals surface area contributed by atoms with Gasteiger partial charge in [-0.3, -0.25) is 19.3 Å². The lowest BCUT2D eigenvalue weighted by molar-refractivity contribution is -0.142. The van der Waals surface area contributed by atoms with Crippen molar-refractivity contribution in [3.8, 4) is 5.75 Å². The van der Waals surface area contributed by atoms with Gasteiger partial charge in [0.15, 0.2) is 0 Å². The number of anilines is 1. The number of aliphatic hydroxyl groups is 1. The predicted octanol–water partition coefficient (Wildman–Crippen LogP) is 2.54. The second-order valence-corrected chi connectivity index (χ2v) is 14.8. The molecule has 0 aromatic heterocycles. The summed E-state index contributed by atoms with van der Waals surface area (Å²) in [4.78, 5) is 46.6. The lowest BCUT2D eigenvalue weighted by Gasteiger charge is -2.37. The minimum Gasteiger partial charge on any atom is -0.494 e. The minimum absolute atomic E-state index is 0.0482. The van der Waals surface area contributed by atoms with Gasteiger partial charge in [-0.1, -0.05) is 46.3 Å². The lowest BCUT2D eigenvalue weighted by Crippen LogP contribution is -2.58. The van der Waals surface area contributed by atoms with Crippen LogP contribution in [0.15, 0.2) is 54.6 Å². The van der Waals surface area contributed by atoms with E-state index >= 15 is 0 Å². The molecule has 2 bridgehead atoms. The van der Waals surface area contributed by atoms with Crippen LogP contribution in [-0.4, -0.2) is 112 Å². The molecule has 12 heteroatoms. The van der Waals surface area contributed by atoms with E-state index in [-0.39, 0.29) is 34.4 Å². The number of aliphatic hydroxyl groups excluding tert-OH is 1. The maximum Gasteiger partial charge on any atom is 0.244 e. The fraction of sp³-hybridized carbons (Fsp3) is 0.545. The average Bonchev–Trinajstić information content (AvgIpc) is 3.65. The number of hydrogen-bond acceptors (Lipinski definition) is 8. The average molecular weight is 702 g/mol. The van der Waals surface area contributed by atoms with Crippen LogP contribution >= 0.6 is 27.7 Å². The van der Waals surface area contributed by atoms with Crippen molar-refractivity contribution in [2.24, 2.45) is 11.8 Å². The fourth-order valence-electron chi connectivity index (χ4n) is 7.48. The van der Waals surface area contributed by atoms with Gasteiger partial charge in [0.25, 0.3) is 0 Å². The number of alkyl halides is 1. The molecule has 45 heavy (non-hydrogen) atoms. The molecule has 4 aliphatic heterocycles. The van der Waals surface area contributed by atoms with Crippen LogP contribution in [0.3, 0.4) is 0 Å². The Morgan fingerprint density at radius 1 is 1.13 bits per heavy atom. The zero-order valence-corrected chi connectivity index (χ0v) is 27.8. The standard InChI is InChI=1S/C33H41BrN4O6S/c1-2-44-24-10-8-22(9-11-24)36-30(40)26-27-32(42)38(23(20-39)18-21-6-4-3-5-7-21)29(33(27)19-25(34)28(26)45-33)31(41)35-12-13-37-14-16-43-17-15-37/h3-11,23,25-29,39H,2,12-20H2,1H3,(H,35,41)(H,36,40)/t23-,25?,26-,27+,28-,29?,33?/m1/s1. The van der Waals surface area contributed by atoms with Gasteiger partial charge in [0.2, 0.25) is 17.7 Å². The molecule has 3 amide bonds. The van der Waals surface area contributed by atoms with Gasteiger partial charge in [-0.05, 0) is 49.6 Å². The van der Waals surface area contributed by atoms with E-state index in [9.17, 15) is 19.5 Å². The second kappa shape index (κ2) is 14.0. The summed E-state index contributed by atoms with van der Waals surface area (Å²) in [5, 5.41) is 16.7. The van der Waals surface area contributed by atoms with E-state index in [1.807, 2.05) is 37.3 Å². The molecule has 10 nitrogen and oxygen atoms in total. The van der Waals surface area contributed by atoms with Crippen molar-refractivity contribution in [1.29, 1.82) is 0 Å². The van der Waals surface area contributed by atoms with E-state index < -0.39 is 28.7 Å². The van der Waals surface area contributed by atoms with Gasteiger partial charge in [0, 0.05) is 41.9 Å². The summed E-state index contributed by atoms with van der Waals surface area (Å²) in [6.07, 6.45) is 0.978. The molecular formula is C33H41BrN4O6S. The molecular weight excluding hydrogens is 660 g/mol. The van der Waals surface area contributed by atoms with Crippen LogP contribution in [0.1, 0.15) is 18.9 Å². The first-order valence-electron chi connectivity index (χ1n) is 15.8. The molecule has 2 aromatic rings. The van der Waals surface area contributed by atoms with Crippen molar-refractivity contribution in [3.05, 3.63) is 60.2 Å². The lowest BCUT2D eigenvalue weighted by atomic mass is 9.70. The van der Waals surface area contributed by atoms with Gasteiger partial charge in [0.05, 0.1) is 49.1 Å². The Bertz CT molecular complexity index is 1360. The van der Waals surface area contributed by atoms with Crippen molar-refractivity contribution in [3.63, 3.8) is 0 Å². The predicted molar refractivity (Wildman–Crippen MR) is 177 cm³/mol. The van der Waals surface area contributed by atoms with Crippen LogP contribution in [0.5, 0.6) is 5.75 Å². The van der Waals surface area contributed by atoms with Crippen molar-refractivity contribution >= 4 is 51.1 Å². The van der Waals surface area contributed by atoms with Gasteiger partial charge in [-0.2, -0.15) is 0 Å². The van der Waals surface area contributed by atoms with Gasteiger partial charge in [-0.25, -0.2) is 0 Å². The molecule has 7 atom stereocenters. The monoisotopic (exact) mass is 700 g/mol. The number of halogens is 1. The summed E-state index contributed by atoms with van der Waals surface area (Å²) in [6.45, 7) is 6.26. The first kappa shape index (κ1) is 32.3. The molecule has 3 N–H and O–H groups in total. The number of thioether (sulfide) groups is 1. The molecule has 3 unspecified atom stereocenters. The number of rotatable bonds is 12. The van der Waals surface area contributed by atoms with E-state index in [1.165, 1.54) is 0 Å². The molecule has 0 aliphatic carbocycles. The third-order valence-electron chi connectivity index (χ3n) is 9.46. The topological polar surface area (TPSA) is 120 Å². The van der Waals surface area contributed by atoms with Crippen molar-refractivity contribution < 1.29 is 29.0 Å². The Morgan fingerprint density at radius 3 is 2.56 bits per heavy atom. The van der Waals surface area contributed by atoms with E-state index in [0.29, 0.717) is 57.2 Å². The number of nitrogens with zero attached hydrogens (tertiary/aromatic N) is 2. The Morgan fingerprint density at radius 2 is 1.87 bits per heavy atom. The largest absolute Gasteiger partial charge is 0.494 e. The second-order valence-electron chi connectivity index (χ2n) is 12.1. The third kappa shape index (κ3) is 6.36. The zero-order chi connectivity index (χ0) is 31.6. The Balaban J connectivity index is 1.28. The van der Waals surface area contributed by atoms with E-state index in [1.54, 1.807) is 40.9 Å². The van der Waals surface area contributed by atoms with E-state index in [4.69, 9.17) is 9.47 Å². The zero-order valence-electron chi connectivity index (χ0n) is 25.4. The number of morpholine rings is 1. The molecule has 4 saturated heterocycles. The Hall–Kier alpha value is -2.64. The van der Waals surface area contributed by atoms with Crippen LogP contribution in [0, 0.1) is 11.8 Å². The number of likely N-dealkylation sites (tertiary alicyclic amines) is 1. The van der Waals surface area contributed by atoms with Crippen LogP contribution in [0.25, 0.3) is 0 Å². The first-order chi connectivity index (χ1) is 21.9. The molecule has 4 fully saturated rings. The number of carbonyl (C=O) groups excluding carboxylic acids is 3. The highest BCUT2D eigenvalue weighted by Gasteiger charge is 2.76. The summed E-state index contributed by atoms with van der Waals surface area (Å²) < 4.78 is 10.2. The quantitative estimate of drug-likeness (QED) is 0.289. The highest BCUT2D eigenvalue weighted by molar-refractivity contribution is 9.09. The van der Waals surface area contributed by atoms with Crippen LogP contribution in [0.4, 0.5) is 5.69 Å². The van der Waals surface area contributed by atoms with Crippen molar-refractivity contribution in [2.75, 3.05) is 57.9 Å². The summed E-state index contributed by atoms with van der Waals surface area (Å²) >= 11 is 5.42. The highest BCUT2D eigenvalue weighted by atomic mass is 79.9. The summed E-state index contributed by atoms with van der Waals surface area (Å²) in [7, 11) is 0.